The van der Waals surface area contributed by atoms with Gasteiger partial charge in [0, 0.05) is 13.1 Å². The van der Waals surface area contributed by atoms with Crippen LogP contribution in [0.5, 0.6) is 0 Å². The number of hydrogen-bond donors (Lipinski definition) is 1. The fourth-order valence-electron chi connectivity index (χ4n) is 3.38. The minimum absolute atomic E-state index is 0.0273. The lowest BCUT2D eigenvalue weighted by atomic mass is 10.3. The molecule has 0 amide bonds. The summed E-state index contributed by atoms with van der Waals surface area (Å²) < 4.78 is 39.2. The molecule has 1 aromatic heterocycles. The first-order valence-corrected chi connectivity index (χ1v) is 11.3. The molecule has 0 bridgehead atoms. The number of likely N-dealkylation sites (tertiary alicyclic amines) is 1. The molecule has 9 heteroatoms. The zero-order valence-electron chi connectivity index (χ0n) is 14.6. The van der Waals surface area contributed by atoms with E-state index in [0.717, 1.165) is 30.2 Å². The van der Waals surface area contributed by atoms with Crippen LogP contribution in [0.3, 0.4) is 0 Å². The molecule has 26 heavy (non-hydrogen) atoms. The molecule has 2 aliphatic heterocycles. The Morgan fingerprint density at radius 1 is 1.23 bits per heavy atom. The summed E-state index contributed by atoms with van der Waals surface area (Å²) in [6.45, 7) is 4.63. The Hall–Kier alpha value is -1.10. The lowest BCUT2D eigenvalue weighted by molar-refractivity contribution is -0.00461. The summed E-state index contributed by atoms with van der Waals surface area (Å²) in [5.74, 6) is 0.0618. The lowest BCUT2D eigenvalue weighted by Gasteiger charge is -2.18. The van der Waals surface area contributed by atoms with Gasteiger partial charge >= 0.3 is 0 Å². The van der Waals surface area contributed by atoms with Crippen molar-refractivity contribution in [1.82, 2.24) is 14.6 Å². The topological polar surface area (TPSA) is 80.8 Å². The van der Waals surface area contributed by atoms with Crippen LogP contribution in [0.4, 0.5) is 0 Å². The molecule has 1 aromatic carbocycles. The summed E-state index contributed by atoms with van der Waals surface area (Å²) in [5.41, 5.74) is 1.04. The molecule has 7 nitrogen and oxygen atoms in total. The number of nitrogens with one attached hydrogen (secondary N) is 1. The van der Waals surface area contributed by atoms with Crippen molar-refractivity contribution >= 4 is 31.6 Å². The van der Waals surface area contributed by atoms with Crippen molar-refractivity contribution in [3.8, 4) is 0 Å². The number of hydrogen-bond acceptors (Lipinski definition) is 7. The summed E-state index contributed by atoms with van der Waals surface area (Å²) in [7, 11) is -3.25. The molecule has 0 saturated carbocycles. The van der Waals surface area contributed by atoms with E-state index < -0.39 is 10.0 Å². The van der Waals surface area contributed by atoms with Gasteiger partial charge in [0.1, 0.15) is 5.01 Å². The fraction of sp³-hybridized carbons (Fsp3) is 0.588. The van der Waals surface area contributed by atoms with Gasteiger partial charge in [-0.25, -0.2) is 18.1 Å². The van der Waals surface area contributed by atoms with Gasteiger partial charge in [-0.2, -0.15) is 0 Å². The Morgan fingerprint density at radius 3 is 2.58 bits per heavy atom. The number of thiazole rings is 1. The highest BCUT2D eigenvalue weighted by molar-refractivity contribution is 7.89. The predicted molar refractivity (Wildman–Crippen MR) is 101 cm³/mol. The lowest BCUT2D eigenvalue weighted by Crippen LogP contribution is -2.41. The zero-order chi connectivity index (χ0) is 18.1. The van der Waals surface area contributed by atoms with E-state index in [1.807, 2.05) is 18.2 Å². The quantitative estimate of drug-likeness (QED) is 0.817. The maximum absolute atomic E-state index is 11.7. The average molecular weight is 398 g/mol. The summed E-state index contributed by atoms with van der Waals surface area (Å²) in [6.07, 6.45) is -0.0546. The van der Waals surface area contributed by atoms with Crippen LogP contribution in [0.25, 0.3) is 10.2 Å². The van der Waals surface area contributed by atoms with Gasteiger partial charge in [-0.1, -0.05) is 12.1 Å². The normalized spacial score (nSPS) is 25.4. The highest BCUT2D eigenvalue weighted by atomic mass is 32.2. The smallest absolute Gasteiger partial charge is 0.211 e. The van der Waals surface area contributed by atoms with Gasteiger partial charge in [0.25, 0.3) is 0 Å². The Morgan fingerprint density at radius 2 is 1.92 bits per heavy atom. The summed E-state index contributed by atoms with van der Waals surface area (Å²) in [5, 5.41) is 1.09. The van der Waals surface area contributed by atoms with Gasteiger partial charge in [0.2, 0.25) is 10.0 Å². The molecule has 142 valence electrons. The number of para-hydroxylation sites is 1. The predicted octanol–water partition coefficient (Wildman–Crippen LogP) is 1.20. The van der Waals surface area contributed by atoms with Crippen LogP contribution in [0.15, 0.2) is 24.3 Å². The first-order valence-electron chi connectivity index (χ1n) is 8.82. The standard InChI is InChI=1S/C17H23N3O4S2/c1-2-26(21,22)19-12-10-23-14-7-20(8-15(14)24-11-12)9-17-18-13-5-3-4-6-16(13)25-17/h3-6,12,14-15,19H,2,7-11H2,1H3/t14-,15-/m0/s1. The third-order valence-electron chi connectivity index (χ3n) is 4.74. The van der Waals surface area contributed by atoms with E-state index in [1.165, 1.54) is 4.70 Å². The summed E-state index contributed by atoms with van der Waals surface area (Å²) in [4.78, 5) is 6.99. The van der Waals surface area contributed by atoms with E-state index in [4.69, 9.17) is 14.5 Å². The molecule has 4 rings (SSSR count). The molecule has 1 N–H and O–H groups in total. The minimum Gasteiger partial charge on any atom is -0.372 e. The molecule has 0 radical (unpaired) electrons. The van der Waals surface area contributed by atoms with E-state index in [-0.39, 0.29) is 24.0 Å². The van der Waals surface area contributed by atoms with Crippen LogP contribution >= 0.6 is 11.3 Å². The maximum atomic E-state index is 11.7. The van der Waals surface area contributed by atoms with Crippen molar-refractivity contribution in [3.63, 3.8) is 0 Å². The fourth-order valence-corrected chi connectivity index (χ4v) is 5.20. The molecule has 2 aromatic rings. The van der Waals surface area contributed by atoms with Crippen LogP contribution < -0.4 is 4.72 Å². The molecule has 0 spiro atoms. The maximum Gasteiger partial charge on any atom is 0.211 e. The first kappa shape index (κ1) is 18.3. The Labute approximate surface area is 157 Å². The molecule has 0 unspecified atom stereocenters. The van der Waals surface area contributed by atoms with Gasteiger partial charge in [-0.15, -0.1) is 11.3 Å². The molecular weight excluding hydrogens is 374 g/mol. The number of benzene rings is 1. The Kier molecular flexibility index (Phi) is 5.27. The number of sulfonamides is 1. The molecule has 3 heterocycles. The number of aromatic nitrogens is 1. The second-order valence-corrected chi connectivity index (χ2v) is 9.89. The van der Waals surface area contributed by atoms with Crippen LogP contribution in [-0.2, 0) is 26.0 Å². The number of nitrogens with zero attached hydrogens (tertiary/aromatic N) is 2. The molecule has 2 aliphatic rings. The van der Waals surface area contributed by atoms with Crippen LogP contribution in [0, 0.1) is 0 Å². The SMILES string of the molecule is CCS(=O)(=O)NC1CO[C@H]2CN(Cc3nc4ccccc4s3)C[C@@H]2OC1. The van der Waals surface area contributed by atoms with Crippen molar-refractivity contribution in [2.75, 3.05) is 32.1 Å². The molecule has 0 aliphatic carbocycles. The number of rotatable bonds is 5. The van der Waals surface area contributed by atoms with Gasteiger partial charge in [-0.05, 0) is 19.1 Å². The van der Waals surface area contributed by atoms with Crippen molar-refractivity contribution in [2.45, 2.75) is 31.7 Å². The Balaban J connectivity index is 1.34. The van der Waals surface area contributed by atoms with E-state index in [2.05, 4.69) is 15.7 Å². The van der Waals surface area contributed by atoms with E-state index in [1.54, 1.807) is 18.3 Å². The van der Waals surface area contributed by atoms with Crippen molar-refractivity contribution < 1.29 is 17.9 Å². The van der Waals surface area contributed by atoms with E-state index >= 15 is 0 Å². The third kappa shape index (κ3) is 4.08. The first-order chi connectivity index (χ1) is 12.5. The third-order valence-corrected chi connectivity index (χ3v) is 7.21. The minimum atomic E-state index is -3.25. The van der Waals surface area contributed by atoms with Crippen LogP contribution in [-0.4, -0.2) is 68.6 Å². The van der Waals surface area contributed by atoms with Crippen molar-refractivity contribution in [3.05, 3.63) is 29.3 Å². The summed E-state index contributed by atoms with van der Waals surface area (Å²) in [6, 6.07) is 7.85. The highest BCUT2D eigenvalue weighted by Gasteiger charge is 2.38. The average Bonchev–Trinajstić information content (AvgIpc) is 3.15. The molecule has 2 fully saturated rings. The second-order valence-electron chi connectivity index (χ2n) is 6.73. The summed E-state index contributed by atoms with van der Waals surface area (Å²) >= 11 is 1.72. The Bertz CT molecular complexity index is 821. The molecular formula is C17H23N3O4S2. The van der Waals surface area contributed by atoms with Gasteiger partial charge < -0.3 is 9.47 Å². The highest BCUT2D eigenvalue weighted by Crippen LogP contribution is 2.26. The van der Waals surface area contributed by atoms with E-state index in [0.29, 0.717) is 13.2 Å². The molecule has 2 saturated heterocycles. The van der Waals surface area contributed by atoms with Gasteiger partial charge in [-0.3, -0.25) is 4.90 Å². The van der Waals surface area contributed by atoms with E-state index in [9.17, 15) is 8.42 Å². The largest absolute Gasteiger partial charge is 0.372 e. The number of ether oxygens (including phenoxy) is 2. The van der Waals surface area contributed by atoms with Gasteiger partial charge in [0.05, 0.1) is 54.0 Å². The zero-order valence-corrected chi connectivity index (χ0v) is 16.3. The van der Waals surface area contributed by atoms with Crippen LogP contribution in [0.2, 0.25) is 0 Å². The van der Waals surface area contributed by atoms with Crippen LogP contribution in [0.1, 0.15) is 11.9 Å². The van der Waals surface area contributed by atoms with Crippen molar-refractivity contribution in [2.24, 2.45) is 0 Å². The molecule has 2 atom stereocenters. The second kappa shape index (κ2) is 7.49. The van der Waals surface area contributed by atoms with Crippen molar-refractivity contribution in [1.29, 1.82) is 0 Å². The van der Waals surface area contributed by atoms with Gasteiger partial charge in [0.15, 0.2) is 0 Å². The monoisotopic (exact) mass is 397 g/mol. The number of fused-ring (bicyclic) bond motifs is 2.